The normalized spacial score (nSPS) is 23.3. The van der Waals surface area contributed by atoms with Crippen molar-refractivity contribution in [3.63, 3.8) is 0 Å². The maximum absolute atomic E-state index is 12.2. The van der Waals surface area contributed by atoms with Crippen molar-refractivity contribution in [1.82, 2.24) is 4.90 Å². The van der Waals surface area contributed by atoms with Crippen molar-refractivity contribution in [2.75, 3.05) is 13.1 Å². The number of hydrogen-bond donors (Lipinski definition) is 1. The lowest BCUT2D eigenvalue weighted by atomic mass is 9.89. The molecule has 2 atom stereocenters. The predicted octanol–water partition coefficient (Wildman–Crippen LogP) is 2.64. The average Bonchev–Trinajstić information content (AvgIpc) is 2.53. The molecule has 0 aromatic heterocycles. The fourth-order valence-electron chi connectivity index (χ4n) is 2.60. The molecule has 0 radical (unpaired) electrons. The Morgan fingerprint density at radius 1 is 1.22 bits per heavy atom. The third-order valence-corrected chi connectivity index (χ3v) is 4.33. The van der Waals surface area contributed by atoms with Crippen molar-refractivity contribution >= 4 is 5.91 Å². The van der Waals surface area contributed by atoms with Gasteiger partial charge in [-0.2, -0.15) is 0 Å². The molecule has 0 spiro atoms. The van der Waals surface area contributed by atoms with E-state index >= 15 is 0 Å². The summed E-state index contributed by atoms with van der Waals surface area (Å²) in [6.45, 7) is 10.6. The van der Waals surface area contributed by atoms with Crippen molar-refractivity contribution < 1.29 is 4.79 Å². The second-order valence-electron chi connectivity index (χ2n) is 6.43. The average molecular weight is 254 g/mol. The summed E-state index contributed by atoms with van der Waals surface area (Å²) >= 11 is 0. The Bertz CT molecular complexity index is 263. The minimum atomic E-state index is 0.00153. The van der Waals surface area contributed by atoms with Gasteiger partial charge in [0.25, 0.3) is 0 Å². The minimum absolute atomic E-state index is 0.00153. The predicted molar refractivity (Wildman–Crippen MR) is 76.2 cm³/mol. The van der Waals surface area contributed by atoms with E-state index in [-0.39, 0.29) is 11.9 Å². The second-order valence-corrected chi connectivity index (χ2v) is 6.43. The van der Waals surface area contributed by atoms with Gasteiger partial charge in [0, 0.05) is 25.6 Å². The van der Waals surface area contributed by atoms with Gasteiger partial charge < -0.3 is 10.6 Å². The summed E-state index contributed by atoms with van der Waals surface area (Å²) in [5.41, 5.74) is 5.99. The lowest BCUT2D eigenvalue weighted by Crippen LogP contribution is -2.38. The first-order chi connectivity index (χ1) is 8.41. The SMILES string of the molecule is CC(C)C(N)CC(=O)N1CCCC(C(C)C)CC1. The van der Waals surface area contributed by atoms with Gasteiger partial charge in [-0.15, -0.1) is 0 Å². The molecule has 3 nitrogen and oxygen atoms in total. The van der Waals surface area contributed by atoms with Crippen molar-refractivity contribution in [2.45, 2.75) is 59.4 Å². The Morgan fingerprint density at radius 2 is 1.89 bits per heavy atom. The number of likely N-dealkylation sites (tertiary alicyclic amines) is 1. The van der Waals surface area contributed by atoms with Gasteiger partial charge in [-0.1, -0.05) is 27.7 Å². The molecule has 1 saturated heterocycles. The molecule has 1 amide bonds. The second kappa shape index (κ2) is 7.13. The van der Waals surface area contributed by atoms with Crippen LogP contribution in [0.2, 0.25) is 0 Å². The van der Waals surface area contributed by atoms with Crippen molar-refractivity contribution in [3.8, 4) is 0 Å². The number of nitrogens with two attached hydrogens (primary N) is 1. The van der Waals surface area contributed by atoms with E-state index in [0.717, 1.165) is 37.8 Å². The van der Waals surface area contributed by atoms with Crippen LogP contribution in [0.15, 0.2) is 0 Å². The summed E-state index contributed by atoms with van der Waals surface area (Å²) in [7, 11) is 0. The zero-order valence-electron chi connectivity index (χ0n) is 12.5. The summed E-state index contributed by atoms with van der Waals surface area (Å²) in [5.74, 6) is 2.14. The Hall–Kier alpha value is -0.570. The van der Waals surface area contributed by atoms with Gasteiger partial charge in [0.05, 0.1) is 0 Å². The number of hydrogen-bond acceptors (Lipinski definition) is 2. The summed E-state index contributed by atoms with van der Waals surface area (Å²) in [6, 6.07) is 0.00153. The quantitative estimate of drug-likeness (QED) is 0.838. The number of carbonyl (C=O) groups is 1. The summed E-state index contributed by atoms with van der Waals surface area (Å²) in [5, 5.41) is 0. The topological polar surface area (TPSA) is 46.3 Å². The van der Waals surface area contributed by atoms with Crippen LogP contribution >= 0.6 is 0 Å². The molecule has 1 rings (SSSR count). The van der Waals surface area contributed by atoms with Gasteiger partial charge >= 0.3 is 0 Å². The molecule has 18 heavy (non-hydrogen) atoms. The van der Waals surface area contributed by atoms with Gasteiger partial charge in [0.15, 0.2) is 0 Å². The number of amides is 1. The molecule has 2 unspecified atom stereocenters. The number of carbonyl (C=O) groups excluding carboxylic acids is 1. The standard InChI is InChI=1S/C15H30N2O/c1-11(2)13-6-5-8-17(9-7-13)15(18)10-14(16)12(3)4/h11-14H,5-10,16H2,1-4H3. The van der Waals surface area contributed by atoms with Gasteiger partial charge in [-0.25, -0.2) is 0 Å². The van der Waals surface area contributed by atoms with Crippen LogP contribution in [0.5, 0.6) is 0 Å². The smallest absolute Gasteiger partial charge is 0.224 e. The molecule has 2 N–H and O–H groups in total. The highest BCUT2D eigenvalue weighted by Crippen LogP contribution is 2.25. The first kappa shape index (κ1) is 15.5. The summed E-state index contributed by atoms with van der Waals surface area (Å²) in [6.07, 6.45) is 4.06. The molecule has 1 heterocycles. The number of nitrogens with zero attached hydrogens (tertiary/aromatic N) is 1. The Kier molecular flexibility index (Phi) is 6.13. The van der Waals surface area contributed by atoms with E-state index in [9.17, 15) is 4.79 Å². The van der Waals surface area contributed by atoms with E-state index in [2.05, 4.69) is 27.7 Å². The molecule has 0 aliphatic carbocycles. The molecule has 0 aromatic rings. The van der Waals surface area contributed by atoms with E-state index in [0.29, 0.717) is 12.3 Å². The fraction of sp³-hybridized carbons (Fsp3) is 0.933. The van der Waals surface area contributed by atoms with Crippen LogP contribution < -0.4 is 5.73 Å². The van der Waals surface area contributed by atoms with Crippen LogP contribution in [0, 0.1) is 17.8 Å². The summed E-state index contributed by atoms with van der Waals surface area (Å²) < 4.78 is 0. The highest BCUT2D eigenvalue weighted by atomic mass is 16.2. The highest BCUT2D eigenvalue weighted by molar-refractivity contribution is 5.76. The van der Waals surface area contributed by atoms with E-state index < -0.39 is 0 Å². The molecule has 0 bridgehead atoms. The maximum Gasteiger partial charge on any atom is 0.224 e. The van der Waals surface area contributed by atoms with Crippen LogP contribution in [-0.4, -0.2) is 29.9 Å². The van der Waals surface area contributed by atoms with Crippen molar-refractivity contribution in [2.24, 2.45) is 23.5 Å². The zero-order chi connectivity index (χ0) is 13.7. The molecular weight excluding hydrogens is 224 g/mol. The lowest BCUT2D eigenvalue weighted by Gasteiger charge is -2.24. The van der Waals surface area contributed by atoms with Gasteiger partial charge in [0.1, 0.15) is 0 Å². The van der Waals surface area contributed by atoms with Gasteiger partial charge in [0.2, 0.25) is 5.91 Å². The van der Waals surface area contributed by atoms with E-state index in [1.165, 1.54) is 6.42 Å². The Balaban J connectivity index is 2.45. The maximum atomic E-state index is 12.2. The molecule has 1 aliphatic rings. The molecule has 1 aliphatic heterocycles. The van der Waals surface area contributed by atoms with Gasteiger partial charge in [-0.05, 0) is 37.0 Å². The fourth-order valence-corrected chi connectivity index (χ4v) is 2.60. The van der Waals surface area contributed by atoms with Crippen molar-refractivity contribution in [3.05, 3.63) is 0 Å². The third-order valence-electron chi connectivity index (χ3n) is 4.33. The van der Waals surface area contributed by atoms with Crippen molar-refractivity contribution in [1.29, 1.82) is 0 Å². The molecule has 3 heteroatoms. The van der Waals surface area contributed by atoms with Crippen LogP contribution in [-0.2, 0) is 4.79 Å². The Labute approximate surface area is 112 Å². The van der Waals surface area contributed by atoms with E-state index in [4.69, 9.17) is 5.73 Å². The van der Waals surface area contributed by atoms with Gasteiger partial charge in [-0.3, -0.25) is 4.79 Å². The van der Waals surface area contributed by atoms with Crippen LogP contribution in [0.3, 0.4) is 0 Å². The first-order valence-corrected chi connectivity index (χ1v) is 7.45. The van der Waals surface area contributed by atoms with Crippen LogP contribution in [0.4, 0.5) is 0 Å². The molecule has 0 saturated carbocycles. The number of rotatable bonds is 4. The molecule has 0 aromatic carbocycles. The lowest BCUT2D eigenvalue weighted by molar-refractivity contribution is -0.131. The first-order valence-electron chi connectivity index (χ1n) is 7.45. The molecular formula is C15H30N2O. The Morgan fingerprint density at radius 3 is 2.44 bits per heavy atom. The largest absolute Gasteiger partial charge is 0.343 e. The zero-order valence-corrected chi connectivity index (χ0v) is 12.5. The van der Waals surface area contributed by atoms with Crippen LogP contribution in [0.1, 0.15) is 53.4 Å². The van der Waals surface area contributed by atoms with E-state index in [1.807, 2.05) is 4.90 Å². The van der Waals surface area contributed by atoms with Crippen LogP contribution in [0.25, 0.3) is 0 Å². The summed E-state index contributed by atoms with van der Waals surface area (Å²) in [4.78, 5) is 14.2. The minimum Gasteiger partial charge on any atom is -0.343 e. The van der Waals surface area contributed by atoms with E-state index in [1.54, 1.807) is 0 Å². The third kappa shape index (κ3) is 4.60. The monoisotopic (exact) mass is 254 g/mol. The molecule has 106 valence electrons. The molecule has 1 fully saturated rings. The highest BCUT2D eigenvalue weighted by Gasteiger charge is 2.23.